The van der Waals surface area contributed by atoms with Gasteiger partial charge in [0.25, 0.3) is 0 Å². The summed E-state index contributed by atoms with van der Waals surface area (Å²) >= 11 is 0. The average molecular weight is 233 g/mol. The minimum Gasteiger partial charge on any atom is -0.597 e. The zero-order chi connectivity index (χ0) is 13.0. The van der Waals surface area contributed by atoms with Gasteiger partial charge in [-0.1, -0.05) is 4.86 Å². The van der Waals surface area contributed by atoms with Crippen molar-refractivity contribution in [3.63, 3.8) is 0 Å². The number of alkyl carbamates (subject to hydrolysis) is 1. The molecule has 94 valence electrons. The van der Waals surface area contributed by atoms with Crippen molar-refractivity contribution in [2.75, 3.05) is 6.54 Å². The Morgan fingerprint density at radius 2 is 1.94 bits per heavy atom. The summed E-state index contributed by atoms with van der Waals surface area (Å²) in [4.78, 5) is 11.5. The van der Waals surface area contributed by atoms with Crippen molar-refractivity contribution in [1.82, 2.24) is 5.32 Å². The van der Waals surface area contributed by atoms with Gasteiger partial charge in [-0.25, -0.2) is 4.79 Å². The van der Waals surface area contributed by atoms with Gasteiger partial charge in [-0.15, -0.1) is 0 Å². The van der Waals surface area contributed by atoms with Crippen molar-refractivity contribution in [3.8, 4) is 0 Å². The second-order valence-corrected chi connectivity index (χ2v) is 5.11. The van der Waals surface area contributed by atoms with E-state index in [4.69, 9.17) is 9.94 Å². The van der Waals surface area contributed by atoms with Gasteiger partial charge in [0.05, 0.1) is 0 Å². The maximum atomic E-state index is 11.4. The monoisotopic (exact) mass is 233 g/mol. The molecule has 0 aromatic rings. The highest BCUT2D eigenvalue weighted by atomic mass is 16.6. The Hall–Kier alpha value is -1.53. The summed E-state index contributed by atoms with van der Waals surface area (Å²) in [5.74, 6) is 0. The van der Waals surface area contributed by atoms with Gasteiger partial charge in [-0.05, 0) is 34.6 Å². The first-order chi connectivity index (χ1) is 7.06. The number of carbonyl (C=O) groups excluding carboxylic acids is 1. The van der Waals surface area contributed by atoms with Crippen molar-refractivity contribution in [1.29, 1.82) is 0 Å². The van der Waals surface area contributed by atoms with E-state index in [1.807, 2.05) is 0 Å². The molecule has 0 heterocycles. The van der Waals surface area contributed by atoms with Crippen LogP contribution in [-0.2, 0) is 4.74 Å². The minimum absolute atomic E-state index is 0.0807. The topological polar surface area (TPSA) is 97.0 Å². The van der Waals surface area contributed by atoms with Crippen LogP contribution < -0.4 is 5.32 Å². The molecule has 16 heavy (non-hydrogen) atoms. The van der Waals surface area contributed by atoms with Crippen molar-refractivity contribution < 1.29 is 19.6 Å². The molecule has 0 aromatic carbocycles. The quantitative estimate of drug-likeness (QED) is 0.440. The van der Waals surface area contributed by atoms with Gasteiger partial charge >= 0.3 is 6.09 Å². The number of rotatable bonds is 3. The molecule has 0 saturated carbocycles. The van der Waals surface area contributed by atoms with Gasteiger partial charge in [0, 0.05) is 0 Å². The third-order valence-electron chi connectivity index (χ3n) is 1.47. The maximum absolute atomic E-state index is 11.4. The van der Waals surface area contributed by atoms with E-state index in [2.05, 4.69) is 10.6 Å². The standard InChI is InChI=1S/C9H19N3O4/c1-8(2,3)16-7(13)10-9(4,5)6-12(15)11-14/h14H,6H2,1-5H3,(H,10,13). The fourth-order valence-electron chi connectivity index (χ4n) is 0.989. The summed E-state index contributed by atoms with van der Waals surface area (Å²) in [5, 5.41) is 24.0. The minimum atomic E-state index is -0.851. The number of carbonyl (C=O) groups is 1. The Bertz CT molecular complexity index is 281. The van der Waals surface area contributed by atoms with Gasteiger partial charge in [-0.3, -0.25) is 0 Å². The first-order valence-corrected chi connectivity index (χ1v) is 4.86. The summed E-state index contributed by atoms with van der Waals surface area (Å²) in [6.07, 6.45) is -0.621. The number of hydroxylamine groups is 1. The molecule has 0 bridgehead atoms. The van der Waals surface area contributed by atoms with Crippen molar-refractivity contribution in [3.05, 3.63) is 5.21 Å². The largest absolute Gasteiger partial charge is 0.597 e. The number of nitrogens with one attached hydrogen (secondary N) is 1. The summed E-state index contributed by atoms with van der Waals surface area (Å²) in [6.45, 7) is 8.27. The molecule has 7 heteroatoms. The highest BCUT2D eigenvalue weighted by molar-refractivity contribution is 5.68. The Kier molecular flexibility index (Phi) is 4.52. The second kappa shape index (κ2) is 5.00. The molecule has 0 aliphatic carbocycles. The summed E-state index contributed by atoms with van der Waals surface area (Å²) < 4.78 is 5.03. The summed E-state index contributed by atoms with van der Waals surface area (Å²) in [5.41, 5.74) is -1.45. The van der Waals surface area contributed by atoms with Crippen molar-refractivity contribution in [2.24, 2.45) is 5.28 Å². The van der Waals surface area contributed by atoms with Crippen LogP contribution in [0.5, 0.6) is 0 Å². The lowest BCUT2D eigenvalue weighted by Crippen LogP contribution is -2.50. The Morgan fingerprint density at radius 3 is 2.31 bits per heavy atom. The Morgan fingerprint density at radius 1 is 1.44 bits per heavy atom. The van der Waals surface area contributed by atoms with Crippen LogP contribution in [0.15, 0.2) is 5.28 Å². The average Bonchev–Trinajstić information content (AvgIpc) is 1.97. The van der Waals surface area contributed by atoms with Crippen LogP contribution >= 0.6 is 0 Å². The first kappa shape index (κ1) is 14.5. The van der Waals surface area contributed by atoms with E-state index in [9.17, 15) is 10.0 Å². The molecule has 0 aromatic heterocycles. The van der Waals surface area contributed by atoms with Crippen LogP contribution in [0.1, 0.15) is 34.6 Å². The molecule has 0 aliphatic rings. The predicted molar refractivity (Wildman–Crippen MR) is 56.2 cm³/mol. The molecular formula is C9H19N3O4. The lowest BCUT2D eigenvalue weighted by atomic mass is 10.1. The smallest absolute Gasteiger partial charge is 0.408 e. The van der Waals surface area contributed by atoms with Gasteiger partial charge in [-0.2, -0.15) is 0 Å². The zero-order valence-electron chi connectivity index (χ0n) is 10.3. The molecule has 0 unspecified atom stereocenters. The van der Waals surface area contributed by atoms with Gasteiger partial charge in [0.1, 0.15) is 11.1 Å². The highest BCUT2D eigenvalue weighted by Crippen LogP contribution is 2.09. The Labute approximate surface area is 94.6 Å². The second-order valence-electron chi connectivity index (χ2n) is 5.11. The molecule has 1 amide bonds. The van der Waals surface area contributed by atoms with E-state index in [-0.39, 0.29) is 11.4 Å². The van der Waals surface area contributed by atoms with E-state index in [0.717, 1.165) is 0 Å². The predicted octanol–water partition coefficient (Wildman–Crippen LogP) is 1.64. The molecule has 0 aliphatic heterocycles. The van der Waals surface area contributed by atoms with Crippen LogP contribution in [0.4, 0.5) is 4.79 Å². The number of amides is 1. The SMILES string of the molecule is CC(C)(C[N+]([O-])=NO)NC(=O)OC(C)(C)C. The number of nitrogens with zero attached hydrogens (tertiary/aromatic N) is 2. The van der Waals surface area contributed by atoms with Crippen LogP contribution in [0, 0.1) is 5.21 Å². The molecule has 0 spiro atoms. The third-order valence-corrected chi connectivity index (χ3v) is 1.47. The van der Waals surface area contributed by atoms with Crippen molar-refractivity contribution >= 4 is 6.09 Å². The molecule has 7 nitrogen and oxygen atoms in total. The van der Waals surface area contributed by atoms with E-state index in [1.54, 1.807) is 34.6 Å². The van der Waals surface area contributed by atoms with E-state index in [1.165, 1.54) is 0 Å². The van der Waals surface area contributed by atoms with Crippen LogP contribution in [0.3, 0.4) is 0 Å². The van der Waals surface area contributed by atoms with Gasteiger partial charge in [0.2, 0.25) is 6.54 Å². The van der Waals surface area contributed by atoms with E-state index < -0.39 is 17.2 Å². The molecule has 0 rings (SSSR count). The van der Waals surface area contributed by atoms with E-state index in [0.29, 0.717) is 0 Å². The third kappa shape index (κ3) is 6.86. The number of ether oxygens (including phenoxy) is 1. The van der Waals surface area contributed by atoms with Gasteiger partial charge in [0.15, 0.2) is 5.28 Å². The number of hydrogen-bond donors (Lipinski definition) is 2. The molecular weight excluding hydrogens is 214 g/mol. The molecule has 2 N–H and O–H groups in total. The van der Waals surface area contributed by atoms with Crippen LogP contribution in [0.2, 0.25) is 0 Å². The zero-order valence-corrected chi connectivity index (χ0v) is 10.3. The van der Waals surface area contributed by atoms with Crippen molar-refractivity contribution in [2.45, 2.75) is 45.8 Å². The molecule has 0 atom stereocenters. The fraction of sp³-hybridized carbons (Fsp3) is 0.889. The lowest BCUT2D eigenvalue weighted by Gasteiger charge is -2.26. The maximum Gasteiger partial charge on any atom is 0.408 e. The molecule has 0 radical (unpaired) electrons. The fourth-order valence-corrected chi connectivity index (χ4v) is 0.989. The summed E-state index contributed by atoms with van der Waals surface area (Å²) in [6, 6.07) is 0. The summed E-state index contributed by atoms with van der Waals surface area (Å²) in [7, 11) is 0. The highest BCUT2D eigenvalue weighted by Gasteiger charge is 2.28. The normalized spacial score (nSPS) is 13.4. The van der Waals surface area contributed by atoms with Crippen LogP contribution in [0.25, 0.3) is 0 Å². The van der Waals surface area contributed by atoms with Crippen LogP contribution in [-0.4, -0.2) is 33.8 Å². The number of hydrogen-bond acceptors (Lipinski definition) is 4. The molecule has 0 saturated heterocycles. The molecule has 0 fully saturated rings. The Balaban J connectivity index is 4.31. The first-order valence-electron chi connectivity index (χ1n) is 4.86. The lowest BCUT2D eigenvalue weighted by molar-refractivity contribution is -0.562. The van der Waals surface area contributed by atoms with E-state index >= 15 is 0 Å². The van der Waals surface area contributed by atoms with Gasteiger partial charge < -0.3 is 20.5 Å².